The molecule has 0 aliphatic heterocycles. The minimum Gasteiger partial charge on any atom is -0.369 e. The minimum absolute atomic E-state index is 0.263. The monoisotopic (exact) mass is 246 g/mol. The van der Waals surface area contributed by atoms with Crippen LogP contribution in [0.2, 0.25) is 0 Å². The predicted octanol–water partition coefficient (Wildman–Crippen LogP) is 2.06. The number of carbonyl (C=O) groups is 2. The van der Waals surface area contributed by atoms with Crippen molar-refractivity contribution in [3.05, 3.63) is 30.3 Å². The lowest BCUT2D eigenvalue weighted by Crippen LogP contribution is -2.48. The third-order valence-electron chi connectivity index (χ3n) is 3.65. The summed E-state index contributed by atoms with van der Waals surface area (Å²) in [5.41, 5.74) is 5.14. The maximum Gasteiger partial charge on any atom is 0.240 e. The maximum absolute atomic E-state index is 12.3. The van der Waals surface area contributed by atoms with Crippen LogP contribution < -0.4 is 11.1 Å². The lowest BCUT2D eigenvalue weighted by atomic mass is 9.72. The molecule has 0 atom stereocenters. The Labute approximate surface area is 107 Å². The molecule has 0 unspecified atom stereocenters. The van der Waals surface area contributed by atoms with Gasteiger partial charge in [0.05, 0.1) is 0 Å². The van der Waals surface area contributed by atoms with Gasteiger partial charge >= 0.3 is 0 Å². The third-order valence-corrected chi connectivity index (χ3v) is 3.65. The van der Waals surface area contributed by atoms with Gasteiger partial charge in [0.1, 0.15) is 5.41 Å². The molecule has 0 saturated heterocycles. The lowest BCUT2D eigenvalue weighted by molar-refractivity contribution is -0.140. The molecule has 2 rings (SSSR count). The summed E-state index contributed by atoms with van der Waals surface area (Å²) in [6, 6.07) is 9.16. The number of anilines is 1. The molecule has 2 amide bonds. The molecule has 4 heteroatoms. The molecule has 0 aromatic heterocycles. The molecule has 3 N–H and O–H groups in total. The zero-order valence-electron chi connectivity index (χ0n) is 10.3. The molecule has 0 bridgehead atoms. The number of hydrogen-bond donors (Lipinski definition) is 2. The van der Waals surface area contributed by atoms with Gasteiger partial charge in [0.25, 0.3) is 0 Å². The van der Waals surface area contributed by atoms with Gasteiger partial charge < -0.3 is 11.1 Å². The van der Waals surface area contributed by atoms with E-state index in [2.05, 4.69) is 5.32 Å². The van der Waals surface area contributed by atoms with Crippen molar-refractivity contribution in [1.29, 1.82) is 0 Å². The second-order valence-electron chi connectivity index (χ2n) is 4.83. The number of primary amides is 1. The first-order chi connectivity index (χ1) is 8.65. The van der Waals surface area contributed by atoms with E-state index in [1.807, 2.05) is 18.2 Å². The molecule has 1 aromatic rings. The SMILES string of the molecule is NC(=O)C1(C(=O)Nc2ccccc2)CCCCC1. The Morgan fingerprint density at radius 3 is 2.22 bits per heavy atom. The van der Waals surface area contributed by atoms with Gasteiger partial charge in [0.15, 0.2) is 0 Å². The molecule has 1 aromatic carbocycles. The van der Waals surface area contributed by atoms with Crippen LogP contribution in [0.15, 0.2) is 30.3 Å². The quantitative estimate of drug-likeness (QED) is 0.801. The molecular weight excluding hydrogens is 228 g/mol. The van der Waals surface area contributed by atoms with Crippen molar-refractivity contribution in [3.63, 3.8) is 0 Å². The Bertz CT molecular complexity index is 436. The summed E-state index contributed by atoms with van der Waals surface area (Å²) in [6.45, 7) is 0. The first-order valence-corrected chi connectivity index (χ1v) is 6.31. The van der Waals surface area contributed by atoms with Crippen molar-refractivity contribution >= 4 is 17.5 Å². The first kappa shape index (κ1) is 12.6. The van der Waals surface area contributed by atoms with Crippen molar-refractivity contribution in [2.45, 2.75) is 32.1 Å². The van der Waals surface area contributed by atoms with Gasteiger partial charge in [-0.15, -0.1) is 0 Å². The van der Waals surface area contributed by atoms with Gasteiger partial charge in [-0.25, -0.2) is 0 Å². The summed E-state index contributed by atoms with van der Waals surface area (Å²) in [4.78, 5) is 24.0. The van der Waals surface area contributed by atoms with Crippen molar-refractivity contribution in [2.24, 2.45) is 11.1 Å². The average Bonchev–Trinajstić information content (AvgIpc) is 2.40. The molecule has 1 fully saturated rings. The van der Waals surface area contributed by atoms with Crippen molar-refractivity contribution < 1.29 is 9.59 Å². The Morgan fingerprint density at radius 1 is 1.06 bits per heavy atom. The van der Waals surface area contributed by atoms with E-state index >= 15 is 0 Å². The standard InChI is InChI=1S/C14H18N2O2/c15-12(17)14(9-5-2-6-10-14)13(18)16-11-7-3-1-4-8-11/h1,3-4,7-8H,2,5-6,9-10H2,(H2,15,17)(H,16,18). The van der Waals surface area contributed by atoms with Crippen molar-refractivity contribution in [3.8, 4) is 0 Å². The highest BCUT2D eigenvalue weighted by Gasteiger charge is 2.44. The first-order valence-electron chi connectivity index (χ1n) is 6.31. The fraction of sp³-hybridized carbons (Fsp3) is 0.429. The van der Waals surface area contributed by atoms with E-state index in [9.17, 15) is 9.59 Å². The van der Waals surface area contributed by atoms with E-state index in [-0.39, 0.29) is 5.91 Å². The minimum atomic E-state index is -1.02. The predicted molar refractivity (Wildman–Crippen MR) is 69.8 cm³/mol. The van der Waals surface area contributed by atoms with Gasteiger partial charge in [-0.05, 0) is 25.0 Å². The second kappa shape index (κ2) is 5.21. The number of carbonyl (C=O) groups excluding carboxylic acids is 2. The molecular formula is C14H18N2O2. The second-order valence-corrected chi connectivity index (χ2v) is 4.83. The summed E-state index contributed by atoms with van der Waals surface area (Å²) < 4.78 is 0. The molecule has 0 heterocycles. The van der Waals surface area contributed by atoms with Crippen molar-refractivity contribution in [1.82, 2.24) is 0 Å². The maximum atomic E-state index is 12.3. The van der Waals surface area contributed by atoms with E-state index in [4.69, 9.17) is 5.73 Å². The normalized spacial score (nSPS) is 18.0. The number of nitrogens with one attached hydrogen (secondary N) is 1. The Balaban J connectivity index is 2.16. The lowest BCUT2D eigenvalue weighted by Gasteiger charge is -2.32. The average molecular weight is 246 g/mol. The van der Waals surface area contributed by atoms with E-state index in [1.165, 1.54) is 0 Å². The highest BCUT2D eigenvalue weighted by atomic mass is 16.2. The van der Waals surface area contributed by atoms with E-state index in [0.717, 1.165) is 19.3 Å². The van der Waals surface area contributed by atoms with Crippen LogP contribution in [-0.4, -0.2) is 11.8 Å². The topological polar surface area (TPSA) is 72.2 Å². The Hall–Kier alpha value is -1.84. The molecule has 0 radical (unpaired) electrons. The molecule has 0 spiro atoms. The van der Waals surface area contributed by atoms with E-state index in [1.54, 1.807) is 12.1 Å². The fourth-order valence-electron chi connectivity index (χ4n) is 2.51. The number of benzene rings is 1. The van der Waals surface area contributed by atoms with Crippen LogP contribution in [0.5, 0.6) is 0 Å². The number of hydrogen-bond acceptors (Lipinski definition) is 2. The van der Waals surface area contributed by atoms with Crippen molar-refractivity contribution in [2.75, 3.05) is 5.32 Å². The molecule has 1 saturated carbocycles. The summed E-state index contributed by atoms with van der Waals surface area (Å²) >= 11 is 0. The highest BCUT2D eigenvalue weighted by molar-refractivity contribution is 6.10. The zero-order chi connectivity index (χ0) is 13.0. The fourth-order valence-corrected chi connectivity index (χ4v) is 2.51. The molecule has 1 aliphatic carbocycles. The van der Waals surface area contributed by atoms with Crippen LogP contribution in [0.3, 0.4) is 0 Å². The smallest absolute Gasteiger partial charge is 0.240 e. The number of nitrogens with two attached hydrogens (primary N) is 1. The van der Waals surface area contributed by atoms with Gasteiger partial charge in [-0.1, -0.05) is 37.5 Å². The summed E-state index contributed by atoms with van der Waals surface area (Å²) in [6.07, 6.45) is 3.94. The Kier molecular flexibility index (Phi) is 3.65. The number of amides is 2. The molecule has 18 heavy (non-hydrogen) atoms. The highest BCUT2D eigenvalue weighted by Crippen LogP contribution is 2.37. The molecule has 96 valence electrons. The van der Waals surface area contributed by atoms with Crippen LogP contribution in [0.1, 0.15) is 32.1 Å². The summed E-state index contributed by atoms with van der Waals surface area (Å²) in [5, 5.41) is 2.79. The molecule has 1 aliphatic rings. The number of rotatable bonds is 3. The van der Waals surface area contributed by atoms with E-state index in [0.29, 0.717) is 18.5 Å². The van der Waals surface area contributed by atoms with Gasteiger partial charge in [-0.2, -0.15) is 0 Å². The van der Waals surface area contributed by atoms with Crippen LogP contribution in [0, 0.1) is 5.41 Å². The number of para-hydroxylation sites is 1. The van der Waals surface area contributed by atoms with Gasteiger partial charge in [0, 0.05) is 5.69 Å². The molecule has 4 nitrogen and oxygen atoms in total. The largest absolute Gasteiger partial charge is 0.369 e. The van der Waals surface area contributed by atoms with E-state index < -0.39 is 11.3 Å². The van der Waals surface area contributed by atoms with Crippen LogP contribution >= 0.6 is 0 Å². The van der Waals surface area contributed by atoms with Crippen LogP contribution in [-0.2, 0) is 9.59 Å². The zero-order valence-corrected chi connectivity index (χ0v) is 10.3. The summed E-state index contributed by atoms with van der Waals surface area (Å²) in [5.74, 6) is -0.767. The Morgan fingerprint density at radius 2 is 1.67 bits per heavy atom. The van der Waals surface area contributed by atoms with Gasteiger partial charge in [0.2, 0.25) is 11.8 Å². The third kappa shape index (κ3) is 2.37. The van der Waals surface area contributed by atoms with Gasteiger partial charge in [-0.3, -0.25) is 9.59 Å². The van der Waals surface area contributed by atoms with Crippen LogP contribution in [0.4, 0.5) is 5.69 Å². The summed E-state index contributed by atoms with van der Waals surface area (Å²) in [7, 11) is 0. The van der Waals surface area contributed by atoms with Crippen LogP contribution in [0.25, 0.3) is 0 Å².